The molecule has 0 saturated heterocycles. The number of nitrogens with zero attached hydrogens (tertiary/aromatic N) is 3. The minimum atomic E-state index is -0.0108. The summed E-state index contributed by atoms with van der Waals surface area (Å²) in [6.07, 6.45) is 2.54. The van der Waals surface area contributed by atoms with Crippen molar-refractivity contribution < 1.29 is 4.79 Å². The minimum absolute atomic E-state index is 0.0108. The molecule has 27 heavy (non-hydrogen) atoms. The average Bonchev–Trinajstić information content (AvgIpc) is 3.04. The van der Waals surface area contributed by atoms with Crippen LogP contribution in [0.5, 0.6) is 0 Å². The summed E-state index contributed by atoms with van der Waals surface area (Å²) in [5.74, 6) is 0.528. The summed E-state index contributed by atoms with van der Waals surface area (Å²) >= 11 is 1.57. The fourth-order valence-corrected chi connectivity index (χ4v) is 3.44. The molecular formula is C19H22N6OS. The number of thiazole rings is 1. The van der Waals surface area contributed by atoms with Gasteiger partial charge in [0.05, 0.1) is 16.3 Å². The first-order valence-electron chi connectivity index (χ1n) is 8.64. The smallest absolute Gasteiger partial charge is 0.227 e. The zero-order valence-corrected chi connectivity index (χ0v) is 16.4. The van der Waals surface area contributed by atoms with E-state index in [4.69, 9.17) is 0 Å². The fraction of sp³-hybridized carbons (Fsp3) is 0.263. The molecule has 0 radical (unpaired) electrons. The van der Waals surface area contributed by atoms with Gasteiger partial charge in [0, 0.05) is 32.4 Å². The number of nitrogens with one attached hydrogen (secondary N) is 3. The first-order chi connectivity index (χ1) is 13.0. The van der Waals surface area contributed by atoms with E-state index >= 15 is 0 Å². The Hall–Kier alpha value is -3.00. The molecule has 2 heterocycles. The number of aryl methyl sites for hydroxylation is 1. The third-order valence-electron chi connectivity index (χ3n) is 3.90. The number of rotatable bonds is 7. The first kappa shape index (κ1) is 18.8. The van der Waals surface area contributed by atoms with Gasteiger partial charge < -0.3 is 16.0 Å². The molecule has 0 aliphatic heterocycles. The Bertz CT molecular complexity index is 922. The maximum absolute atomic E-state index is 10.9. The third kappa shape index (κ3) is 5.01. The predicted molar refractivity (Wildman–Crippen MR) is 110 cm³/mol. The van der Waals surface area contributed by atoms with Crippen molar-refractivity contribution in [2.24, 2.45) is 0 Å². The van der Waals surface area contributed by atoms with Gasteiger partial charge in [-0.3, -0.25) is 4.79 Å². The molecule has 140 valence electrons. The van der Waals surface area contributed by atoms with Crippen LogP contribution in [0.2, 0.25) is 0 Å². The molecule has 8 heteroatoms. The first-order valence-corrected chi connectivity index (χ1v) is 9.46. The van der Waals surface area contributed by atoms with E-state index in [2.05, 4.69) is 30.9 Å². The summed E-state index contributed by atoms with van der Waals surface area (Å²) in [5.41, 5.74) is 3.85. The zero-order valence-electron chi connectivity index (χ0n) is 15.5. The van der Waals surface area contributed by atoms with Crippen molar-refractivity contribution in [3.8, 4) is 10.6 Å². The molecule has 0 aliphatic carbocycles. The van der Waals surface area contributed by atoms with Gasteiger partial charge in [-0.2, -0.15) is 0 Å². The van der Waals surface area contributed by atoms with E-state index in [0.29, 0.717) is 12.5 Å². The molecule has 3 N–H and O–H groups in total. The molecule has 7 nitrogen and oxygen atoms in total. The van der Waals surface area contributed by atoms with Gasteiger partial charge in [0.1, 0.15) is 0 Å². The Labute approximate surface area is 162 Å². The number of amides is 1. The van der Waals surface area contributed by atoms with E-state index in [0.717, 1.165) is 39.1 Å². The molecule has 2 aromatic heterocycles. The van der Waals surface area contributed by atoms with Gasteiger partial charge in [0.2, 0.25) is 11.9 Å². The molecule has 0 spiro atoms. The van der Waals surface area contributed by atoms with Gasteiger partial charge in [-0.05, 0) is 37.1 Å². The maximum Gasteiger partial charge on any atom is 0.227 e. The number of anilines is 3. The second-order valence-corrected chi connectivity index (χ2v) is 7.00. The molecule has 0 bridgehead atoms. The highest BCUT2D eigenvalue weighted by atomic mass is 32.1. The van der Waals surface area contributed by atoms with Crippen molar-refractivity contribution in [3.63, 3.8) is 0 Å². The maximum atomic E-state index is 10.9. The fourth-order valence-electron chi connectivity index (χ4n) is 2.55. The minimum Gasteiger partial charge on any atom is -0.365 e. The molecule has 3 rings (SSSR count). The predicted octanol–water partition coefficient (Wildman–Crippen LogP) is 3.37. The summed E-state index contributed by atoms with van der Waals surface area (Å²) in [7, 11) is 1.86. The summed E-state index contributed by atoms with van der Waals surface area (Å²) in [5, 5.41) is 9.96. The SMILES string of the molecule is CNc1nc(C)c(-c2ccnc(Nc3ccc(CCNC(C)=O)cc3)n2)s1. The Morgan fingerprint density at radius 1 is 1.15 bits per heavy atom. The van der Waals surface area contributed by atoms with Crippen molar-refractivity contribution in [1.29, 1.82) is 0 Å². The van der Waals surface area contributed by atoms with Gasteiger partial charge in [-0.25, -0.2) is 15.0 Å². The van der Waals surface area contributed by atoms with E-state index < -0.39 is 0 Å². The van der Waals surface area contributed by atoms with E-state index in [-0.39, 0.29) is 5.91 Å². The second kappa shape index (κ2) is 8.59. The van der Waals surface area contributed by atoms with Crippen molar-refractivity contribution in [1.82, 2.24) is 20.3 Å². The normalized spacial score (nSPS) is 10.5. The van der Waals surface area contributed by atoms with Gasteiger partial charge in [-0.1, -0.05) is 23.5 Å². The van der Waals surface area contributed by atoms with Crippen molar-refractivity contribution in [2.75, 3.05) is 24.2 Å². The Balaban J connectivity index is 1.69. The van der Waals surface area contributed by atoms with Crippen LogP contribution in [0.1, 0.15) is 18.2 Å². The van der Waals surface area contributed by atoms with Gasteiger partial charge in [0.25, 0.3) is 0 Å². The molecule has 1 amide bonds. The molecule has 0 fully saturated rings. The van der Waals surface area contributed by atoms with Crippen LogP contribution < -0.4 is 16.0 Å². The van der Waals surface area contributed by atoms with Crippen LogP contribution in [-0.2, 0) is 11.2 Å². The number of aromatic nitrogens is 3. The van der Waals surface area contributed by atoms with Crippen LogP contribution in [-0.4, -0.2) is 34.5 Å². The van der Waals surface area contributed by atoms with Gasteiger partial charge in [-0.15, -0.1) is 0 Å². The van der Waals surface area contributed by atoms with Crippen LogP contribution in [0.15, 0.2) is 36.5 Å². The topological polar surface area (TPSA) is 91.8 Å². The van der Waals surface area contributed by atoms with Crippen LogP contribution >= 0.6 is 11.3 Å². The summed E-state index contributed by atoms with van der Waals surface area (Å²) in [4.78, 5) is 25.3. The Kier molecular flexibility index (Phi) is 5.97. The number of benzene rings is 1. The number of carbonyl (C=O) groups excluding carboxylic acids is 1. The van der Waals surface area contributed by atoms with E-state index in [9.17, 15) is 4.79 Å². The standard InChI is InChI=1S/C19H22N6OS/c1-12-17(27-19(20-3)23-12)16-9-11-22-18(25-16)24-15-6-4-14(5-7-15)8-10-21-13(2)26/h4-7,9,11H,8,10H2,1-3H3,(H,20,23)(H,21,26)(H,22,24,25). The van der Waals surface area contributed by atoms with Crippen molar-refractivity contribution in [2.45, 2.75) is 20.3 Å². The van der Waals surface area contributed by atoms with Crippen LogP contribution in [0, 0.1) is 6.92 Å². The molecular weight excluding hydrogens is 360 g/mol. The third-order valence-corrected chi connectivity index (χ3v) is 5.09. The summed E-state index contributed by atoms with van der Waals surface area (Å²) in [6, 6.07) is 9.91. The van der Waals surface area contributed by atoms with Crippen molar-refractivity contribution >= 4 is 34.0 Å². The zero-order chi connectivity index (χ0) is 19.2. The quantitative estimate of drug-likeness (QED) is 0.580. The highest BCUT2D eigenvalue weighted by Crippen LogP contribution is 2.31. The van der Waals surface area contributed by atoms with Crippen LogP contribution in [0.4, 0.5) is 16.8 Å². The average molecular weight is 382 g/mol. The Morgan fingerprint density at radius 3 is 2.59 bits per heavy atom. The van der Waals surface area contributed by atoms with Gasteiger partial charge in [0.15, 0.2) is 5.13 Å². The molecule has 0 unspecified atom stereocenters. The number of hydrogen-bond acceptors (Lipinski definition) is 7. The van der Waals surface area contributed by atoms with E-state index in [1.54, 1.807) is 17.5 Å². The number of carbonyl (C=O) groups is 1. The monoisotopic (exact) mass is 382 g/mol. The molecule has 0 saturated carbocycles. The number of hydrogen-bond donors (Lipinski definition) is 3. The van der Waals surface area contributed by atoms with Gasteiger partial charge >= 0.3 is 0 Å². The summed E-state index contributed by atoms with van der Waals surface area (Å²) < 4.78 is 0. The lowest BCUT2D eigenvalue weighted by atomic mass is 10.1. The lowest BCUT2D eigenvalue weighted by molar-refractivity contribution is -0.118. The Morgan fingerprint density at radius 2 is 1.93 bits per heavy atom. The van der Waals surface area contributed by atoms with Crippen molar-refractivity contribution in [3.05, 3.63) is 47.8 Å². The molecule has 1 aromatic carbocycles. The van der Waals surface area contributed by atoms with E-state index in [1.165, 1.54) is 6.92 Å². The molecule has 3 aromatic rings. The van der Waals surface area contributed by atoms with Crippen LogP contribution in [0.3, 0.4) is 0 Å². The molecule has 0 aliphatic rings. The lowest BCUT2D eigenvalue weighted by Gasteiger charge is -2.08. The highest BCUT2D eigenvalue weighted by Gasteiger charge is 2.11. The second-order valence-electron chi connectivity index (χ2n) is 6.00. The largest absolute Gasteiger partial charge is 0.365 e. The van der Waals surface area contributed by atoms with Crippen LogP contribution in [0.25, 0.3) is 10.6 Å². The molecule has 0 atom stereocenters. The van der Waals surface area contributed by atoms with E-state index in [1.807, 2.05) is 44.3 Å². The lowest BCUT2D eigenvalue weighted by Crippen LogP contribution is -2.22. The highest BCUT2D eigenvalue weighted by molar-refractivity contribution is 7.19. The summed E-state index contributed by atoms with van der Waals surface area (Å²) in [6.45, 7) is 4.13.